The molecule has 0 fully saturated rings. The van der Waals surface area contributed by atoms with Crippen LogP contribution in [0.2, 0.25) is 0 Å². The number of amides is 1. The molecule has 1 aromatic carbocycles. The Morgan fingerprint density at radius 3 is 2.67 bits per heavy atom. The summed E-state index contributed by atoms with van der Waals surface area (Å²) >= 11 is 0. The van der Waals surface area contributed by atoms with E-state index in [1.807, 2.05) is 31.2 Å². The van der Waals surface area contributed by atoms with Crippen LogP contribution in [0.4, 0.5) is 5.69 Å². The Balaban J connectivity index is 1.90. The Kier molecular flexibility index (Phi) is 5.51. The minimum absolute atomic E-state index is 0.0832. The molecule has 0 saturated heterocycles. The lowest BCUT2D eigenvalue weighted by molar-refractivity contribution is -0.120. The summed E-state index contributed by atoms with van der Waals surface area (Å²) in [7, 11) is 1.58. The molecule has 0 spiro atoms. The molecule has 0 radical (unpaired) electrons. The third kappa shape index (κ3) is 4.29. The van der Waals surface area contributed by atoms with Gasteiger partial charge >= 0.3 is 0 Å². The van der Waals surface area contributed by atoms with E-state index in [0.717, 1.165) is 11.4 Å². The van der Waals surface area contributed by atoms with Crippen molar-refractivity contribution in [2.75, 3.05) is 25.5 Å². The highest BCUT2D eigenvalue weighted by Gasteiger charge is 2.28. The molecule has 0 unspecified atom stereocenters. The van der Waals surface area contributed by atoms with Crippen LogP contribution in [0.1, 0.15) is 24.0 Å². The number of para-hydroxylation sites is 2. The van der Waals surface area contributed by atoms with Crippen LogP contribution in [0.3, 0.4) is 0 Å². The number of aryl methyl sites for hydroxylation is 2. The van der Waals surface area contributed by atoms with E-state index >= 15 is 0 Å². The fourth-order valence-electron chi connectivity index (χ4n) is 2.56. The highest BCUT2D eigenvalue weighted by atomic mass is 16.5. The molecule has 1 amide bonds. The fraction of sp³-hybridized carbons (Fsp3) is 0.389. The molecule has 0 aliphatic heterocycles. The number of hydrogen-bond donors (Lipinski definition) is 3. The second kappa shape index (κ2) is 7.40. The molecular formula is C18H24N2O4. The van der Waals surface area contributed by atoms with Gasteiger partial charge in [-0.05, 0) is 39.0 Å². The summed E-state index contributed by atoms with van der Waals surface area (Å²) in [6.45, 7) is 5.45. The van der Waals surface area contributed by atoms with E-state index < -0.39 is 5.60 Å². The van der Waals surface area contributed by atoms with Gasteiger partial charge in [0.05, 0.1) is 25.9 Å². The summed E-state index contributed by atoms with van der Waals surface area (Å²) < 4.78 is 10.7. The van der Waals surface area contributed by atoms with Crippen molar-refractivity contribution in [3.05, 3.63) is 47.4 Å². The van der Waals surface area contributed by atoms with Gasteiger partial charge in [-0.1, -0.05) is 12.1 Å². The highest BCUT2D eigenvalue weighted by molar-refractivity contribution is 5.81. The van der Waals surface area contributed by atoms with Gasteiger partial charge in [-0.25, -0.2) is 0 Å². The molecule has 1 heterocycles. The number of hydrogen-bond acceptors (Lipinski definition) is 5. The molecule has 0 bridgehead atoms. The Morgan fingerprint density at radius 1 is 1.33 bits per heavy atom. The molecule has 0 saturated carbocycles. The number of nitrogens with one attached hydrogen (secondary N) is 2. The fourth-order valence-corrected chi connectivity index (χ4v) is 2.56. The van der Waals surface area contributed by atoms with E-state index in [1.165, 1.54) is 0 Å². The Morgan fingerprint density at radius 2 is 2.04 bits per heavy atom. The van der Waals surface area contributed by atoms with Gasteiger partial charge in [0.1, 0.15) is 22.9 Å². The third-order valence-electron chi connectivity index (χ3n) is 3.80. The number of aliphatic hydroxyl groups is 1. The number of carbonyl (C=O) groups excluding carboxylic acids is 1. The normalized spacial score (nSPS) is 13.2. The molecule has 0 aliphatic carbocycles. The molecule has 6 nitrogen and oxygen atoms in total. The van der Waals surface area contributed by atoms with Crippen LogP contribution >= 0.6 is 0 Å². The highest BCUT2D eigenvalue weighted by Crippen LogP contribution is 2.26. The van der Waals surface area contributed by atoms with E-state index in [4.69, 9.17) is 9.15 Å². The van der Waals surface area contributed by atoms with Crippen LogP contribution in [0.15, 0.2) is 34.7 Å². The van der Waals surface area contributed by atoms with E-state index in [0.29, 0.717) is 17.1 Å². The Bertz CT molecular complexity index is 707. The average Bonchev–Trinajstić information content (AvgIpc) is 2.90. The number of anilines is 1. The van der Waals surface area contributed by atoms with Crippen molar-refractivity contribution in [1.29, 1.82) is 0 Å². The van der Waals surface area contributed by atoms with Gasteiger partial charge in [0.25, 0.3) is 0 Å². The monoisotopic (exact) mass is 332 g/mol. The number of carbonyl (C=O) groups is 1. The van der Waals surface area contributed by atoms with Crippen molar-refractivity contribution in [3.8, 4) is 5.75 Å². The van der Waals surface area contributed by atoms with Crippen molar-refractivity contribution >= 4 is 11.6 Å². The quantitative estimate of drug-likeness (QED) is 0.725. The maximum atomic E-state index is 12.0. The molecule has 0 aliphatic rings. The van der Waals surface area contributed by atoms with Gasteiger partial charge in [-0.2, -0.15) is 0 Å². The van der Waals surface area contributed by atoms with Gasteiger partial charge in [-0.3, -0.25) is 4.79 Å². The SMILES string of the molecule is COc1ccccc1NCC(=O)NC[C@](C)(O)c1cc(C)oc1C. The maximum Gasteiger partial charge on any atom is 0.239 e. The van der Waals surface area contributed by atoms with Crippen molar-refractivity contribution in [2.24, 2.45) is 0 Å². The first-order chi connectivity index (χ1) is 11.3. The Hall–Kier alpha value is -2.47. The molecule has 2 rings (SSSR count). The molecule has 24 heavy (non-hydrogen) atoms. The first-order valence-electron chi connectivity index (χ1n) is 7.77. The zero-order valence-electron chi connectivity index (χ0n) is 14.5. The van der Waals surface area contributed by atoms with Crippen LogP contribution in [0, 0.1) is 13.8 Å². The van der Waals surface area contributed by atoms with Gasteiger partial charge < -0.3 is 24.9 Å². The number of benzene rings is 1. The topological polar surface area (TPSA) is 83.7 Å². The first-order valence-corrected chi connectivity index (χ1v) is 7.77. The summed E-state index contributed by atoms with van der Waals surface area (Å²) in [6, 6.07) is 9.15. The zero-order chi connectivity index (χ0) is 17.7. The van der Waals surface area contributed by atoms with Crippen LogP contribution in [0.25, 0.3) is 0 Å². The largest absolute Gasteiger partial charge is 0.495 e. The van der Waals surface area contributed by atoms with Crippen molar-refractivity contribution in [1.82, 2.24) is 5.32 Å². The summed E-state index contributed by atoms with van der Waals surface area (Å²) in [5.74, 6) is 1.83. The molecule has 2 aromatic rings. The second-order valence-corrected chi connectivity index (χ2v) is 5.93. The van der Waals surface area contributed by atoms with E-state index in [9.17, 15) is 9.90 Å². The van der Waals surface area contributed by atoms with Gasteiger partial charge in [0.2, 0.25) is 5.91 Å². The minimum atomic E-state index is -1.19. The first kappa shape index (κ1) is 17.9. The van der Waals surface area contributed by atoms with E-state index in [1.54, 1.807) is 27.0 Å². The predicted octanol–water partition coefficient (Wildman–Crippen LogP) is 2.34. The van der Waals surface area contributed by atoms with Crippen molar-refractivity contribution in [2.45, 2.75) is 26.4 Å². The molecule has 3 N–H and O–H groups in total. The second-order valence-electron chi connectivity index (χ2n) is 5.93. The smallest absolute Gasteiger partial charge is 0.239 e. The lowest BCUT2D eigenvalue weighted by Crippen LogP contribution is -2.41. The lowest BCUT2D eigenvalue weighted by atomic mass is 9.96. The molecule has 130 valence electrons. The zero-order valence-corrected chi connectivity index (χ0v) is 14.5. The van der Waals surface area contributed by atoms with Gasteiger partial charge in [0, 0.05) is 5.56 Å². The lowest BCUT2D eigenvalue weighted by Gasteiger charge is -2.23. The van der Waals surface area contributed by atoms with Crippen LogP contribution < -0.4 is 15.4 Å². The van der Waals surface area contributed by atoms with Crippen molar-refractivity contribution < 1.29 is 19.1 Å². The summed E-state index contributed by atoms with van der Waals surface area (Å²) in [6.07, 6.45) is 0. The summed E-state index contributed by atoms with van der Waals surface area (Å²) in [5, 5.41) is 16.3. The number of methoxy groups -OCH3 is 1. The average molecular weight is 332 g/mol. The van der Waals surface area contributed by atoms with Crippen molar-refractivity contribution in [3.63, 3.8) is 0 Å². The van der Waals surface area contributed by atoms with E-state index in [-0.39, 0.29) is 19.0 Å². The standard InChI is InChI=1S/C18H24N2O4/c1-12-9-14(13(2)24-12)18(3,22)11-20-17(21)10-19-15-7-5-6-8-16(15)23-4/h5-9,19,22H,10-11H2,1-4H3,(H,20,21)/t18-/m0/s1. The van der Waals surface area contributed by atoms with E-state index in [2.05, 4.69) is 10.6 Å². The maximum absolute atomic E-state index is 12.0. The molecule has 1 aromatic heterocycles. The number of ether oxygens (including phenoxy) is 1. The molecule has 1 atom stereocenters. The summed E-state index contributed by atoms with van der Waals surface area (Å²) in [4.78, 5) is 12.0. The summed E-state index contributed by atoms with van der Waals surface area (Å²) in [5.41, 5.74) is 0.225. The van der Waals surface area contributed by atoms with Gasteiger partial charge in [0.15, 0.2) is 0 Å². The Labute approximate surface area is 141 Å². The molecule has 6 heteroatoms. The minimum Gasteiger partial charge on any atom is -0.495 e. The number of furan rings is 1. The number of rotatable bonds is 7. The van der Waals surface area contributed by atoms with Crippen LogP contribution in [-0.4, -0.2) is 31.2 Å². The third-order valence-corrected chi connectivity index (χ3v) is 3.80. The predicted molar refractivity (Wildman–Crippen MR) is 92.2 cm³/mol. The van der Waals surface area contributed by atoms with Crippen LogP contribution in [0.5, 0.6) is 5.75 Å². The molecular weight excluding hydrogens is 308 g/mol. The van der Waals surface area contributed by atoms with Crippen LogP contribution in [-0.2, 0) is 10.4 Å². The van der Waals surface area contributed by atoms with Gasteiger partial charge in [-0.15, -0.1) is 0 Å².